The maximum absolute atomic E-state index is 15.1. The van der Waals surface area contributed by atoms with Crippen molar-refractivity contribution < 1.29 is 9.18 Å². The summed E-state index contributed by atoms with van der Waals surface area (Å²) in [5.41, 5.74) is 7.55. The molecule has 2 aliphatic rings. The fraction of sp³-hybridized carbons (Fsp3) is 0.250. The number of halogens is 1. The summed E-state index contributed by atoms with van der Waals surface area (Å²) < 4.78 is 17.1. The Hall–Kier alpha value is -3.30. The molecular formula is C24H25FN6OS. The number of hydrogen-bond donors (Lipinski definition) is 2. The summed E-state index contributed by atoms with van der Waals surface area (Å²) in [6.45, 7) is 4.07. The van der Waals surface area contributed by atoms with Crippen molar-refractivity contribution in [2.75, 3.05) is 14.1 Å². The van der Waals surface area contributed by atoms with Crippen LogP contribution < -0.4 is 10.7 Å². The van der Waals surface area contributed by atoms with Gasteiger partial charge in [-0.1, -0.05) is 17.8 Å². The number of pyridine rings is 1. The van der Waals surface area contributed by atoms with Gasteiger partial charge in [0, 0.05) is 43.2 Å². The lowest BCUT2D eigenvalue weighted by molar-refractivity contribution is 0.0768. The number of allylic oxidation sites excluding steroid dienone is 1. The molecule has 0 spiro atoms. The van der Waals surface area contributed by atoms with Gasteiger partial charge in [-0.3, -0.25) is 9.20 Å². The van der Waals surface area contributed by atoms with Crippen LogP contribution in [0.25, 0.3) is 22.5 Å². The van der Waals surface area contributed by atoms with E-state index in [1.54, 1.807) is 25.4 Å². The molecule has 1 amide bonds. The Bertz CT molecular complexity index is 1320. The van der Waals surface area contributed by atoms with Gasteiger partial charge in [0.05, 0.1) is 23.5 Å². The second-order valence-electron chi connectivity index (χ2n) is 8.34. The van der Waals surface area contributed by atoms with Gasteiger partial charge in [0.2, 0.25) is 0 Å². The lowest BCUT2D eigenvalue weighted by Gasteiger charge is -2.24. The number of thioether (sulfide) groups is 1. The zero-order valence-corrected chi connectivity index (χ0v) is 19.7. The molecule has 0 radical (unpaired) electrons. The van der Waals surface area contributed by atoms with Gasteiger partial charge in [-0.25, -0.2) is 14.8 Å². The number of hydrogen-bond acceptors (Lipinski definition) is 6. The molecule has 0 bridgehead atoms. The molecule has 2 aromatic heterocycles. The normalized spacial score (nSPS) is 20.1. The Morgan fingerprint density at radius 3 is 2.70 bits per heavy atom. The van der Waals surface area contributed by atoms with Crippen LogP contribution in [-0.4, -0.2) is 50.8 Å². The summed E-state index contributed by atoms with van der Waals surface area (Å²) in [5, 5.41) is 5.07. The summed E-state index contributed by atoms with van der Waals surface area (Å²) >= 11 is 1.53. The molecule has 3 aromatic rings. The number of imidazole rings is 1. The van der Waals surface area contributed by atoms with Crippen molar-refractivity contribution in [3.63, 3.8) is 0 Å². The molecule has 2 unspecified atom stereocenters. The van der Waals surface area contributed by atoms with E-state index in [-0.39, 0.29) is 23.0 Å². The molecule has 33 heavy (non-hydrogen) atoms. The maximum atomic E-state index is 15.1. The number of nitrogens with zero attached hydrogens (tertiary/aromatic N) is 4. The third-order valence-corrected chi connectivity index (χ3v) is 7.09. The number of carbonyl (C=O) groups excluding carboxylic acids is 1. The fourth-order valence-electron chi connectivity index (χ4n) is 4.19. The van der Waals surface area contributed by atoms with Crippen LogP contribution in [0.15, 0.2) is 60.0 Å². The van der Waals surface area contributed by atoms with Crippen LogP contribution in [0.3, 0.4) is 0 Å². The Balaban J connectivity index is 1.46. The van der Waals surface area contributed by atoms with Crippen molar-refractivity contribution >= 4 is 28.9 Å². The van der Waals surface area contributed by atoms with Gasteiger partial charge >= 0.3 is 0 Å². The number of nitrogens with one attached hydrogen (secondary N) is 2. The van der Waals surface area contributed by atoms with Crippen molar-refractivity contribution in [3.8, 4) is 11.3 Å². The van der Waals surface area contributed by atoms with Crippen molar-refractivity contribution in [2.45, 2.75) is 25.4 Å². The highest BCUT2D eigenvalue weighted by atomic mass is 32.2. The minimum atomic E-state index is -0.555. The van der Waals surface area contributed by atoms with Crippen LogP contribution in [0, 0.1) is 5.82 Å². The SMILES string of the molecule is CC1=CNC(N(C)C(=O)c2ccc(-c3cnc4ccc(C5=CN(C)NC5C)cn34)cc2F)S1. The second kappa shape index (κ2) is 8.24. The zero-order valence-electron chi connectivity index (χ0n) is 18.8. The first-order valence-corrected chi connectivity index (χ1v) is 11.5. The van der Waals surface area contributed by atoms with Crippen LogP contribution in [0.4, 0.5) is 4.39 Å². The van der Waals surface area contributed by atoms with Gasteiger partial charge in [0.1, 0.15) is 11.5 Å². The van der Waals surface area contributed by atoms with Gasteiger partial charge < -0.3 is 15.2 Å². The molecule has 5 rings (SSSR count). The van der Waals surface area contributed by atoms with Crippen LogP contribution in [0.5, 0.6) is 0 Å². The van der Waals surface area contributed by atoms with Crippen molar-refractivity contribution in [1.29, 1.82) is 0 Å². The van der Waals surface area contributed by atoms with Crippen molar-refractivity contribution in [3.05, 3.63) is 77.0 Å². The summed E-state index contributed by atoms with van der Waals surface area (Å²) in [6, 6.07) is 8.90. The predicted molar refractivity (Wildman–Crippen MR) is 129 cm³/mol. The first kappa shape index (κ1) is 21.5. The highest BCUT2D eigenvalue weighted by Gasteiger charge is 2.26. The van der Waals surface area contributed by atoms with Crippen LogP contribution in [0.1, 0.15) is 29.8 Å². The van der Waals surface area contributed by atoms with Gasteiger partial charge in [0.15, 0.2) is 5.50 Å². The van der Waals surface area contributed by atoms with Gasteiger partial charge in [0.25, 0.3) is 5.91 Å². The topological polar surface area (TPSA) is 64.9 Å². The van der Waals surface area contributed by atoms with E-state index in [0.29, 0.717) is 5.56 Å². The molecule has 1 aromatic carbocycles. The first-order valence-electron chi connectivity index (χ1n) is 10.7. The standard InChI is InChI=1S/C24H25FN6OS/c1-14-10-27-24(33-14)30(4)23(32)18-7-5-16(9-20(18)25)21-11-26-22-8-6-17(12-31(21)22)19-13-29(3)28-15(19)2/h5-13,15,24,27-28H,1-4H3. The first-order chi connectivity index (χ1) is 15.8. The second-order valence-corrected chi connectivity index (χ2v) is 9.66. The third-order valence-electron chi connectivity index (χ3n) is 5.93. The van der Waals surface area contributed by atoms with Gasteiger partial charge in [-0.05, 0) is 49.2 Å². The number of amides is 1. The molecule has 2 N–H and O–H groups in total. The quantitative estimate of drug-likeness (QED) is 0.611. The molecule has 0 aliphatic carbocycles. The maximum Gasteiger partial charge on any atom is 0.258 e. The minimum Gasteiger partial charge on any atom is -0.362 e. The molecule has 0 saturated carbocycles. The highest BCUT2D eigenvalue weighted by Crippen LogP contribution is 2.30. The Labute approximate surface area is 195 Å². The third kappa shape index (κ3) is 3.87. The molecule has 4 heterocycles. The van der Waals surface area contributed by atoms with Crippen molar-refractivity contribution in [1.82, 2.24) is 30.0 Å². The van der Waals surface area contributed by atoms with E-state index in [4.69, 9.17) is 0 Å². The number of hydrazine groups is 1. The monoisotopic (exact) mass is 464 g/mol. The van der Waals surface area contributed by atoms with Gasteiger partial charge in [-0.15, -0.1) is 0 Å². The molecule has 2 aliphatic heterocycles. The van der Waals surface area contributed by atoms with E-state index in [1.807, 2.05) is 47.9 Å². The molecule has 9 heteroatoms. The van der Waals surface area contributed by atoms with E-state index in [9.17, 15) is 4.79 Å². The number of fused-ring (bicyclic) bond motifs is 1. The molecular weight excluding hydrogens is 439 g/mol. The lowest BCUT2D eigenvalue weighted by Crippen LogP contribution is -2.40. The van der Waals surface area contributed by atoms with E-state index in [0.717, 1.165) is 27.4 Å². The smallest absolute Gasteiger partial charge is 0.258 e. The highest BCUT2D eigenvalue weighted by molar-refractivity contribution is 8.03. The van der Waals surface area contributed by atoms with E-state index < -0.39 is 5.82 Å². The van der Waals surface area contributed by atoms with E-state index in [2.05, 4.69) is 28.9 Å². The Morgan fingerprint density at radius 1 is 1.24 bits per heavy atom. The number of rotatable bonds is 4. The number of benzene rings is 1. The molecule has 2 atom stereocenters. The Morgan fingerprint density at radius 2 is 2.03 bits per heavy atom. The fourth-order valence-corrected chi connectivity index (χ4v) is 5.07. The average Bonchev–Trinajstić information content (AvgIpc) is 3.50. The molecule has 170 valence electrons. The largest absolute Gasteiger partial charge is 0.362 e. The molecule has 7 nitrogen and oxygen atoms in total. The van der Waals surface area contributed by atoms with Crippen LogP contribution in [0.2, 0.25) is 0 Å². The number of carbonyl (C=O) groups is 1. The van der Waals surface area contributed by atoms with Crippen LogP contribution in [-0.2, 0) is 0 Å². The van der Waals surface area contributed by atoms with Gasteiger partial charge in [-0.2, -0.15) is 0 Å². The molecule has 0 saturated heterocycles. The van der Waals surface area contributed by atoms with E-state index >= 15 is 4.39 Å². The zero-order chi connectivity index (χ0) is 23.3. The summed E-state index contributed by atoms with van der Waals surface area (Å²) in [4.78, 5) is 20.0. The predicted octanol–water partition coefficient (Wildman–Crippen LogP) is 3.87. The Kier molecular flexibility index (Phi) is 5.38. The summed E-state index contributed by atoms with van der Waals surface area (Å²) in [6.07, 6.45) is 7.66. The summed E-state index contributed by atoms with van der Waals surface area (Å²) in [7, 11) is 3.64. The van der Waals surface area contributed by atoms with Crippen molar-refractivity contribution in [2.24, 2.45) is 0 Å². The van der Waals surface area contributed by atoms with E-state index in [1.165, 1.54) is 22.7 Å². The van der Waals surface area contributed by atoms with Crippen LogP contribution >= 0.6 is 11.8 Å². The minimum absolute atomic E-state index is 0.0433. The number of aromatic nitrogens is 2. The summed E-state index contributed by atoms with van der Waals surface area (Å²) in [5.74, 6) is -0.924. The lowest BCUT2D eigenvalue weighted by atomic mass is 10.0. The molecule has 0 fully saturated rings. The average molecular weight is 465 g/mol.